The van der Waals surface area contributed by atoms with E-state index in [1.54, 1.807) is 6.92 Å². The van der Waals surface area contributed by atoms with Gasteiger partial charge in [0.2, 0.25) is 5.91 Å². The van der Waals surface area contributed by atoms with Crippen LogP contribution in [0, 0.1) is 0 Å². The van der Waals surface area contributed by atoms with Gasteiger partial charge in [-0.1, -0.05) is 94.9 Å². The van der Waals surface area contributed by atoms with Crippen molar-refractivity contribution in [3.63, 3.8) is 0 Å². The Balaban J connectivity index is 1.69. The second kappa shape index (κ2) is 7.60. The summed E-state index contributed by atoms with van der Waals surface area (Å²) in [5.41, 5.74) is 2.70. The normalized spacial score (nSPS) is 21.5. The highest BCUT2D eigenvalue weighted by molar-refractivity contribution is 9.10. The summed E-state index contributed by atoms with van der Waals surface area (Å²) in [5, 5.41) is -0.168. The summed E-state index contributed by atoms with van der Waals surface area (Å²) in [4.78, 5) is 27.6. The van der Waals surface area contributed by atoms with Crippen LogP contribution in [0.25, 0.3) is 0 Å². The molecule has 0 bridgehead atoms. The van der Waals surface area contributed by atoms with E-state index in [1.807, 2.05) is 60.7 Å². The van der Waals surface area contributed by atoms with Crippen LogP contribution in [0.3, 0.4) is 0 Å². The molecule has 2 heterocycles. The lowest BCUT2D eigenvalue weighted by molar-refractivity contribution is -0.151. The zero-order chi connectivity index (χ0) is 19.8. The number of allylic oxidation sites excluding steroid dienone is 1. The van der Waals surface area contributed by atoms with Crippen molar-refractivity contribution in [1.82, 2.24) is 4.90 Å². The number of carbonyl (C=O) groups is 2. The molecule has 2 aliphatic rings. The SMILES string of the molecule is C=C1S[C@H]2[C@@H](Br)C(=O)N2C(C(=O)OC(c2ccccc2)c2ccccc2)=C1C. The molecule has 0 N–H and O–H groups in total. The van der Waals surface area contributed by atoms with Crippen molar-refractivity contribution in [3.8, 4) is 0 Å². The maximum Gasteiger partial charge on any atom is 0.356 e. The van der Waals surface area contributed by atoms with E-state index in [1.165, 1.54) is 16.7 Å². The maximum atomic E-state index is 13.2. The molecule has 4 nitrogen and oxygen atoms in total. The van der Waals surface area contributed by atoms with Crippen LogP contribution in [-0.2, 0) is 14.3 Å². The van der Waals surface area contributed by atoms with Crippen LogP contribution in [0.2, 0.25) is 0 Å². The third kappa shape index (κ3) is 3.20. The van der Waals surface area contributed by atoms with Gasteiger partial charge in [-0.2, -0.15) is 0 Å². The summed E-state index contributed by atoms with van der Waals surface area (Å²) in [6.45, 7) is 5.84. The summed E-state index contributed by atoms with van der Waals surface area (Å²) in [5.74, 6) is -0.651. The summed E-state index contributed by atoms with van der Waals surface area (Å²) in [7, 11) is 0. The van der Waals surface area contributed by atoms with Crippen molar-refractivity contribution >= 4 is 39.6 Å². The van der Waals surface area contributed by atoms with Crippen molar-refractivity contribution in [2.75, 3.05) is 0 Å². The van der Waals surface area contributed by atoms with Crippen LogP contribution in [0.5, 0.6) is 0 Å². The first-order valence-corrected chi connectivity index (χ1v) is 10.6. The Morgan fingerprint density at radius 3 is 2.18 bits per heavy atom. The highest BCUT2D eigenvalue weighted by Crippen LogP contribution is 2.48. The molecule has 0 saturated carbocycles. The zero-order valence-electron chi connectivity index (χ0n) is 15.2. The first-order valence-electron chi connectivity index (χ1n) is 8.84. The summed E-state index contributed by atoms with van der Waals surface area (Å²) in [6, 6.07) is 19.2. The highest BCUT2D eigenvalue weighted by Gasteiger charge is 2.53. The first-order chi connectivity index (χ1) is 13.5. The van der Waals surface area contributed by atoms with Crippen molar-refractivity contribution in [1.29, 1.82) is 0 Å². The lowest BCUT2D eigenvalue weighted by Crippen LogP contribution is -2.62. The molecule has 1 amide bonds. The number of benzene rings is 2. The molecular weight excluding hydrogens is 438 g/mol. The Labute approximate surface area is 176 Å². The zero-order valence-corrected chi connectivity index (χ0v) is 17.6. The van der Waals surface area contributed by atoms with Gasteiger partial charge in [0.25, 0.3) is 0 Å². The van der Waals surface area contributed by atoms with E-state index in [-0.39, 0.29) is 21.8 Å². The van der Waals surface area contributed by atoms with E-state index in [0.717, 1.165) is 16.0 Å². The van der Waals surface area contributed by atoms with Crippen molar-refractivity contribution in [2.45, 2.75) is 23.2 Å². The fourth-order valence-electron chi connectivity index (χ4n) is 3.32. The topological polar surface area (TPSA) is 46.6 Å². The number of hydrogen-bond acceptors (Lipinski definition) is 4. The Hall–Kier alpha value is -2.31. The molecule has 0 spiro atoms. The number of carbonyl (C=O) groups excluding carboxylic acids is 2. The number of amides is 1. The van der Waals surface area contributed by atoms with E-state index >= 15 is 0 Å². The number of esters is 1. The monoisotopic (exact) mass is 455 g/mol. The quantitative estimate of drug-likeness (QED) is 0.377. The lowest BCUT2D eigenvalue weighted by Gasteiger charge is -2.47. The van der Waals surface area contributed by atoms with E-state index in [9.17, 15) is 9.59 Å². The summed E-state index contributed by atoms with van der Waals surface area (Å²) >= 11 is 4.87. The number of hydrogen-bond donors (Lipinski definition) is 0. The predicted octanol–water partition coefficient (Wildman–Crippen LogP) is 4.79. The third-order valence-electron chi connectivity index (χ3n) is 4.88. The third-order valence-corrected chi connectivity index (χ3v) is 7.44. The average Bonchev–Trinajstić information content (AvgIpc) is 2.74. The molecule has 1 fully saturated rings. The molecule has 2 atom stereocenters. The molecular formula is C22H18BrNO3S. The van der Waals surface area contributed by atoms with E-state index in [4.69, 9.17) is 4.74 Å². The molecule has 2 aliphatic heterocycles. The number of halogens is 1. The minimum absolute atomic E-state index is 0.132. The molecule has 2 aromatic carbocycles. The Morgan fingerprint density at radius 2 is 1.64 bits per heavy atom. The first kappa shape index (κ1) is 19.0. The van der Waals surface area contributed by atoms with Gasteiger partial charge >= 0.3 is 5.97 Å². The largest absolute Gasteiger partial charge is 0.448 e. The number of fused-ring (bicyclic) bond motifs is 1. The molecule has 6 heteroatoms. The van der Waals surface area contributed by atoms with Gasteiger partial charge in [0.05, 0.1) is 0 Å². The fourth-order valence-corrected chi connectivity index (χ4v) is 5.22. The number of β-lactam (4-membered cyclic amide) rings is 1. The molecule has 0 aromatic heterocycles. The van der Waals surface area contributed by atoms with Crippen LogP contribution in [0.4, 0.5) is 0 Å². The predicted molar refractivity (Wildman–Crippen MR) is 114 cm³/mol. The Bertz CT molecular complexity index is 934. The van der Waals surface area contributed by atoms with Crippen LogP contribution >= 0.6 is 27.7 Å². The molecule has 2 aromatic rings. The van der Waals surface area contributed by atoms with Gasteiger partial charge < -0.3 is 4.74 Å². The van der Waals surface area contributed by atoms with E-state index < -0.39 is 12.1 Å². The van der Waals surface area contributed by atoms with Gasteiger partial charge in [-0.15, -0.1) is 0 Å². The van der Waals surface area contributed by atoms with Crippen molar-refractivity contribution in [3.05, 3.63) is 94.5 Å². The minimum atomic E-state index is -0.562. The Morgan fingerprint density at radius 1 is 1.11 bits per heavy atom. The summed E-state index contributed by atoms with van der Waals surface area (Å²) in [6.07, 6.45) is -0.562. The standard InChI is InChI=1S/C22H18BrNO3S/c1-13-14(2)28-21-17(23)20(25)24(21)18(13)22(26)27-19(15-9-5-3-6-10-15)16-11-7-4-8-12-16/h3-12,17,19,21H,2H2,1H3/t17-,21-/m0/s1. The second-order valence-corrected chi connectivity index (χ2v) is 8.82. The number of rotatable bonds is 4. The smallest absolute Gasteiger partial charge is 0.356 e. The molecule has 4 rings (SSSR count). The van der Waals surface area contributed by atoms with Crippen LogP contribution in [0.1, 0.15) is 24.2 Å². The van der Waals surface area contributed by atoms with Gasteiger partial charge in [-0.25, -0.2) is 4.79 Å². The van der Waals surface area contributed by atoms with Gasteiger partial charge in [-0.05, 0) is 23.6 Å². The maximum absolute atomic E-state index is 13.2. The van der Waals surface area contributed by atoms with E-state index in [2.05, 4.69) is 22.5 Å². The molecule has 0 unspecified atom stereocenters. The van der Waals surface area contributed by atoms with Crippen molar-refractivity contribution < 1.29 is 14.3 Å². The molecule has 28 heavy (non-hydrogen) atoms. The number of alkyl halides is 1. The van der Waals surface area contributed by atoms with E-state index in [0.29, 0.717) is 5.57 Å². The fraction of sp³-hybridized carbons (Fsp3) is 0.182. The van der Waals surface area contributed by atoms with Gasteiger partial charge in [0.1, 0.15) is 15.9 Å². The van der Waals surface area contributed by atoms with Crippen LogP contribution < -0.4 is 0 Å². The van der Waals surface area contributed by atoms with Gasteiger partial charge in [0, 0.05) is 4.91 Å². The molecule has 0 aliphatic carbocycles. The summed E-state index contributed by atoms with van der Waals surface area (Å²) < 4.78 is 5.96. The van der Waals surface area contributed by atoms with Crippen LogP contribution in [-0.4, -0.2) is 27.0 Å². The number of ether oxygens (including phenoxy) is 1. The minimum Gasteiger partial charge on any atom is -0.448 e. The van der Waals surface area contributed by atoms with Gasteiger partial charge in [0.15, 0.2) is 6.10 Å². The highest BCUT2D eigenvalue weighted by atomic mass is 79.9. The average molecular weight is 456 g/mol. The lowest BCUT2D eigenvalue weighted by atomic mass is 10.0. The number of thioether (sulfide) groups is 1. The Kier molecular flexibility index (Phi) is 5.17. The van der Waals surface area contributed by atoms with Crippen LogP contribution in [0.15, 0.2) is 83.4 Å². The molecule has 1 saturated heterocycles. The van der Waals surface area contributed by atoms with Crippen molar-refractivity contribution in [2.24, 2.45) is 0 Å². The molecule has 0 radical (unpaired) electrons. The van der Waals surface area contributed by atoms with Gasteiger partial charge in [-0.3, -0.25) is 9.69 Å². The molecule has 142 valence electrons. The number of nitrogens with zero attached hydrogens (tertiary/aromatic N) is 1. The second-order valence-electron chi connectivity index (χ2n) is 6.62.